The number of aryl methyl sites for hydroxylation is 2. The fourth-order valence-corrected chi connectivity index (χ4v) is 4.15. The van der Waals surface area contributed by atoms with Crippen LogP contribution < -0.4 is 9.62 Å². The van der Waals surface area contributed by atoms with Gasteiger partial charge in [0, 0.05) is 6.04 Å². The van der Waals surface area contributed by atoms with Crippen molar-refractivity contribution in [2.45, 2.75) is 45.6 Å². The minimum atomic E-state index is -3.87. The van der Waals surface area contributed by atoms with E-state index in [1.54, 1.807) is 42.5 Å². The molecule has 0 unspecified atom stereocenters. The molecule has 1 amide bonds. The highest BCUT2D eigenvalue weighted by Crippen LogP contribution is 2.25. The lowest BCUT2D eigenvalue weighted by atomic mass is 10.1. The van der Waals surface area contributed by atoms with Crippen LogP contribution in [-0.4, -0.2) is 26.9 Å². The molecule has 5 nitrogen and oxygen atoms in total. The van der Waals surface area contributed by atoms with Crippen LogP contribution in [0, 0.1) is 19.8 Å². The molecule has 2 rings (SSSR count). The van der Waals surface area contributed by atoms with Crippen LogP contribution in [0.2, 0.25) is 0 Å². The molecule has 0 radical (unpaired) electrons. The highest BCUT2D eigenvalue weighted by atomic mass is 32.2. The Hall–Kier alpha value is -2.34. The minimum absolute atomic E-state index is 0.0435. The summed E-state index contributed by atoms with van der Waals surface area (Å²) in [5.41, 5.74) is 2.37. The number of rotatable bonds is 7. The number of carbonyl (C=O) groups is 1. The number of hydrogen-bond donors (Lipinski definition) is 1. The number of nitrogens with zero attached hydrogens (tertiary/aromatic N) is 1. The fraction of sp³-hybridized carbons (Fsp3) is 0.381. The second kappa shape index (κ2) is 8.57. The fourth-order valence-electron chi connectivity index (χ4n) is 2.73. The summed E-state index contributed by atoms with van der Waals surface area (Å²) in [4.78, 5) is 12.7. The molecule has 0 heterocycles. The zero-order chi connectivity index (χ0) is 20.2. The van der Waals surface area contributed by atoms with Crippen LogP contribution >= 0.6 is 0 Å². The van der Waals surface area contributed by atoms with Crippen molar-refractivity contribution in [3.05, 3.63) is 59.7 Å². The lowest BCUT2D eigenvalue weighted by Gasteiger charge is -2.26. The first-order chi connectivity index (χ1) is 12.6. The normalized spacial score (nSPS) is 12.7. The Morgan fingerprint density at radius 3 is 2.07 bits per heavy atom. The highest BCUT2D eigenvalue weighted by Gasteiger charge is 2.28. The van der Waals surface area contributed by atoms with Crippen molar-refractivity contribution in [1.82, 2.24) is 5.32 Å². The summed E-state index contributed by atoms with van der Waals surface area (Å²) in [6.07, 6.45) is 0. The van der Waals surface area contributed by atoms with Gasteiger partial charge in [-0.3, -0.25) is 9.10 Å². The first-order valence-electron chi connectivity index (χ1n) is 9.06. The molecule has 0 bridgehead atoms. The Labute approximate surface area is 162 Å². The first kappa shape index (κ1) is 21.0. The molecule has 0 saturated heterocycles. The summed E-state index contributed by atoms with van der Waals surface area (Å²) in [6.45, 7) is 9.47. The summed E-state index contributed by atoms with van der Waals surface area (Å²) in [5, 5.41) is 2.89. The van der Waals surface area contributed by atoms with E-state index in [0.717, 1.165) is 11.1 Å². The molecular weight excluding hydrogens is 360 g/mol. The van der Waals surface area contributed by atoms with E-state index in [4.69, 9.17) is 0 Å². The Bertz CT molecular complexity index is 873. The molecule has 0 aromatic heterocycles. The molecule has 1 N–H and O–H groups in total. The SMILES string of the molecule is Cc1cc(C)cc(N(CC(=O)N[C@H](C)C(C)C)S(=O)(=O)c2ccccc2)c1. The summed E-state index contributed by atoms with van der Waals surface area (Å²) in [7, 11) is -3.87. The zero-order valence-electron chi connectivity index (χ0n) is 16.6. The Kier molecular flexibility index (Phi) is 6.65. The molecular formula is C21H28N2O3S. The van der Waals surface area contributed by atoms with Crippen molar-refractivity contribution in [2.24, 2.45) is 5.92 Å². The van der Waals surface area contributed by atoms with Gasteiger partial charge in [0.1, 0.15) is 6.54 Å². The average molecular weight is 389 g/mol. The van der Waals surface area contributed by atoms with E-state index < -0.39 is 10.0 Å². The Morgan fingerprint density at radius 2 is 1.56 bits per heavy atom. The minimum Gasteiger partial charge on any atom is -0.352 e. The van der Waals surface area contributed by atoms with Gasteiger partial charge >= 0.3 is 0 Å². The van der Waals surface area contributed by atoms with Gasteiger partial charge in [-0.2, -0.15) is 0 Å². The monoisotopic (exact) mass is 388 g/mol. The van der Waals surface area contributed by atoms with E-state index in [-0.39, 0.29) is 29.3 Å². The molecule has 0 aliphatic heterocycles. The van der Waals surface area contributed by atoms with Gasteiger partial charge in [-0.05, 0) is 62.1 Å². The molecule has 146 valence electrons. The number of anilines is 1. The van der Waals surface area contributed by atoms with Gasteiger partial charge in [0.25, 0.3) is 10.0 Å². The molecule has 2 aromatic carbocycles. The molecule has 2 aromatic rings. The average Bonchev–Trinajstić information content (AvgIpc) is 2.59. The maximum Gasteiger partial charge on any atom is 0.264 e. The van der Waals surface area contributed by atoms with Gasteiger partial charge in [0.05, 0.1) is 10.6 Å². The van der Waals surface area contributed by atoms with Crippen LogP contribution in [0.3, 0.4) is 0 Å². The zero-order valence-corrected chi connectivity index (χ0v) is 17.4. The molecule has 6 heteroatoms. The van der Waals surface area contributed by atoms with Crippen LogP contribution in [-0.2, 0) is 14.8 Å². The van der Waals surface area contributed by atoms with Crippen LogP contribution in [0.1, 0.15) is 31.9 Å². The number of benzene rings is 2. The van der Waals surface area contributed by atoms with Gasteiger partial charge in [0.15, 0.2) is 0 Å². The van der Waals surface area contributed by atoms with E-state index in [1.807, 2.05) is 40.7 Å². The lowest BCUT2D eigenvalue weighted by molar-refractivity contribution is -0.120. The summed E-state index contributed by atoms with van der Waals surface area (Å²) in [5.74, 6) is -0.0655. The third kappa shape index (κ3) is 5.32. The highest BCUT2D eigenvalue weighted by molar-refractivity contribution is 7.92. The predicted octanol–water partition coefficient (Wildman–Crippen LogP) is 3.66. The second-order valence-electron chi connectivity index (χ2n) is 7.27. The van der Waals surface area contributed by atoms with Crippen molar-refractivity contribution in [3.63, 3.8) is 0 Å². The quantitative estimate of drug-likeness (QED) is 0.787. The predicted molar refractivity (Wildman–Crippen MR) is 109 cm³/mol. The van der Waals surface area contributed by atoms with Crippen LogP contribution in [0.15, 0.2) is 53.4 Å². The van der Waals surface area contributed by atoms with Crippen molar-refractivity contribution < 1.29 is 13.2 Å². The van der Waals surface area contributed by atoms with Gasteiger partial charge in [-0.1, -0.05) is 38.1 Å². The molecule has 0 saturated carbocycles. The Balaban J connectivity index is 2.44. The maximum absolute atomic E-state index is 13.3. The molecule has 1 atom stereocenters. The van der Waals surface area contributed by atoms with E-state index in [0.29, 0.717) is 5.69 Å². The van der Waals surface area contributed by atoms with Gasteiger partial charge in [-0.25, -0.2) is 8.42 Å². The lowest BCUT2D eigenvalue weighted by Crippen LogP contribution is -2.45. The van der Waals surface area contributed by atoms with Crippen molar-refractivity contribution in [2.75, 3.05) is 10.8 Å². The van der Waals surface area contributed by atoms with Crippen molar-refractivity contribution in [3.8, 4) is 0 Å². The number of hydrogen-bond acceptors (Lipinski definition) is 3. The van der Waals surface area contributed by atoms with Crippen LogP contribution in [0.5, 0.6) is 0 Å². The first-order valence-corrected chi connectivity index (χ1v) is 10.5. The van der Waals surface area contributed by atoms with E-state index >= 15 is 0 Å². The second-order valence-corrected chi connectivity index (χ2v) is 9.13. The number of sulfonamides is 1. The third-order valence-electron chi connectivity index (χ3n) is 4.50. The van der Waals surface area contributed by atoms with E-state index in [9.17, 15) is 13.2 Å². The summed E-state index contributed by atoms with van der Waals surface area (Å²) >= 11 is 0. The van der Waals surface area contributed by atoms with Crippen molar-refractivity contribution in [1.29, 1.82) is 0 Å². The summed E-state index contributed by atoms with van der Waals surface area (Å²) in [6, 6.07) is 13.7. The third-order valence-corrected chi connectivity index (χ3v) is 6.29. The standard InChI is InChI=1S/C21H28N2O3S/c1-15(2)18(5)22-21(24)14-23(19-12-16(3)11-17(4)13-19)27(25,26)20-9-7-6-8-10-20/h6-13,15,18H,14H2,1-5H3,(H,22,24)/t18-/m1/s1. The largest absolute Gasteiger partial charge is 0.352 e. The van der Waals surface area contributed by atoms with Crippen LogP contribution in [0.25, 0.3) is 0 Å². The van der Waals surface area contributed by atoms with E-state index in [2.05, 4.69) is 5.32 Å². The topological polar surface area (TPSA) is 66.5 Å². The number of nitrogens with one attached hydrogen (secondary N) is 1. The summed E-state index contributed by atoms with van der Waals surface area (Å²) < 4.78 is 27.7. The molecule has 0 aliphatic carbocycles. The molecule has 27 heavy (non-hydrogen) atoms. The molecule has 0 spiro atoms. The van der Waals surface area contributed by atoms with Crippen LogP contribution in [0.4, 0.5) is 5.69 Å². The van der Waals surface area contributed by atoms with Gasteiger partial charge in [-0.15, -0.1) is 0 Å². The van der Waals surface area contributed by atoms with Gasteiger partial charge < -0.3 is 5.32 Å². The molecule has 0 fully saturated rings. The van der Waals surface area contributed by atoms with E-state index in [1.165, 1.54) is 4.31 Å². The number of amides is 1. The number of carbonyl (C=O) groups excluding carboxylic acids is 1. The maximum atomic E-state index is 13.3. The smallest absolute Gasteiger partial charge is 0.264 e. The Morgan fingerprint density at radius 1 is 1.00 bits per heavy atom. The van der Waals surface area contributed by atoms with Crippen molar-refractivity contribution >= 4 is 21.6 Å². The molecule has 0 aliphatic rings. The van der Waals surface area contributed by atoms with Gasteiger partial charge in [0.2, 0.25) is 5.91 Å².